The zero-order valence-electron chi connectivity index (χ0n) is 21.7. The summed E-state index contributed by atoms with van der Waals surface area (Å²) in [4.78, 5) is 19.1. The summed E-state index contributed by atoms with van der Waals surface area (Å²) in [5.41, 5.74) is 9.70. The van der Waals surface area contributed by atoms with Crippen LogP contribution in [0.5, 0.6) is 0 Å². The smallest absolute Gasteiger partial charge is 0.159 e. The lowest BCUT2D eigenvalue weighted by Crippen LogP contribution is -2.16. The number of carbonyl (C=O) groups is 1. The SMILES string of the molecule is CC(=O)c1ccc2c(c1)N(c1ccc(N(c3ccc(C)cc3)c3ccc(C)cc3)cc1)c1ccccc1S2. The Kier molecular flexibility index (Phi) is 6.26. The Morgan fingerprint density at radius 3 is 1.74 bits per heavy atom. The molecule has 0 bridgehead atoms. The number of carbonyl (C=O) groups excluding carboxylic acids is 1. The molecular weight excluding hydrogens is 484 g/mol. The highest BCUT2D eigenvalue weighted by Gasteiger charge is 2.25. The number of rotatable bonds is 5. The fourth-order valence-electron chi connectivity index (χ4n) is 4.84. The molecule has 1 aliphatic rings. The Morgan fingerprint density at radius 2 is 1.16 bits per heavy atom. The Labute approximate surface area is 228 Å². The number of hydrogen-bond acceptors (Lipinski definition) is 4. The standard InChI is InChI=1S/C34H28N2OS/c1-23-8-13-27(14-9-23)35(28-15-10-24(2)11-16-28)29-17-19-30(20-18-29)36-31-6-4-5-7-33(31)38-34-21-12-26(25(3)37)22-32(34)36/h4-22H,1-3H3. The van der Waals surface area contributed by atoms with Crippen LogP contribution < -0.4 is 9.80 Å². The molecule has 0 saturated heterocycles. The molecule has 0 fully saturated rings. The molecule has 0 radical (unpaired) electrons. The summed E-state index contributed by atoms with van der Waals surface area (Å²) in [5.74, 6) is 0.0683. The normalized spacial score (nSPS) is 12.0. The van der Waals surface area contributed by atoms with Gasteiger partial charge in [0.15, 0.2) is 5.78 Å². The van der Waals surface area contributed by atoms with Crippen LogP contribution in [0.4, 0.5) is 34.1 Å². The van der Waals surface area contributed by atoms with Crippen molar-refractivity contribution < 1.29 is 4.79 Å². The minimum absolute atomic E-state index is 0.0683. The van der Waals surface area contributed by atoms with Gasteiger partial charge in [-0.1, -0.05) is 65.4 Å². The van der Waals surface area contributed by atoms with Crippen LogP contribution in [0.1, 0.15) is 28.4 Å². The second-order valence-electron chi connectivity index (χ2n) is 9.67. The maximum Gasteiger partial charge on any atom is 0.159 e. The van der Waals surface area contributed by atoms with Crippen molar-refractivity contribution in [1.29, 1.82) is 0 Å². The number of anilines is 6. The van der Waals surface area contributed by atoms with Crippen LogP contribution in [0.15, 0.2) is 125 Å². The molecule has 0 atom stereocenters. The van der Waals surface area contributed by atoms with E-state index in [1.165, 1.54) is 16.0 Å². The zero-order chi connectivity index (χ0) is 26.2. The first-order valence-corrected chi connectivity index (χ1v) is 13.5. The first kappa shape index (κ1) is 24.1. The molecule has 38 heavy (non-hydrogen) atoms. The number of nitrogens with zero attached hydrogens (tertiary/aromatic N) is 2. The molecule has 186 valence electrons. The molecule has 6 rings (SSSR count). The van der Waals surface area contributed by atoms with Crippen LogP contribution >= 0.6 is 11.8 Å². The van der Waals surface area contributed by atoms with Crippen molar-refractivity contribution in [2.75, 3.05) is 9.80 Å². The molecule has 0 amide bonds. The molecule has 0 aromatic heterocycles. The zero-order valence-corrected chi connectivity index (χ0v) is 22.5. The number of hydrogen-bond donors (Lipinski definition) is 0. The van der Waals surface area contributed by atoms with Crippen molar-refractivity contribution >= 4 is 51.7 Å². The van der Waals surface area contributed by atoms with E-state index >= 15 is 0 Å². The van der Waals surface area contributed by atoms with E-state index in [1.807, 2.05) is 12.1 Å². The fourth-order valence-corrected chi connectivity index (χ4v) is 5.88. The van der Waals surface area contributed by atoms with Crippen molar-refractivity contribution in [3.05, 3.63) is 132 Å². The van der Waals surface area contributed by atoms with Gasteiger partial charge < -0.3 is 9.80 Å². The molecule has 0 unspecified atom stereocenters. The molecule has 0 N–H and O–H groups in total. The molecule has 3 nitrogen and oxygen atoms in total. The van der Waals surface area contributed by atoms with Crippen molar-refractivity contribution in [2.45, 2.75) is 30.6 Å². The van der Waals surface area contributed by atoms with Crippen LogP contribution in [-0.2, 0) is 0 Å². The Bertz CT molecular complexity index is 1580. The number of ketones is 1. The first-order valence-electron chi connectivity index (χ1n) is 12.7. The van der Waals surface area contributed by atoms with Crippen LogP contribution in [-0.4, -0.2) is 5.78 Å². The van der Waals surface area contributed by atoms with Gasteiger partial charge in [0.1, 0.15) is 0 Å². The average Bonchev–Trinajstić information content (AvgIpc) is 2.94. The van der Waals surface area contributed by atoms with Crippen molar-refractivity contribution in [2.24, 2.45) is 0 Å². The molecule has 4 heteroatoms. The fraction of sp³-hybridized carbons (Fsp3) is 0.0882. The predicted octanol–water partition coefficient (Wildman–Crippen LogP) is 9.91. The van der Waals surface area contributed by atoms with Gasteiger partial charge in [-0.05, 0) is 93.6 Å². The van der Waals surface area contributed by atoms with E-state index in [2.05, 4.69) is 127 Å². The number of Topliss-reactive ketones (excluding diaryl/α,β-unsaturated/α-hetero) is 1. The van der Waals surface area contributed by atoms with Gasteiger partial charge in [-0.25, -0.2) is 0 Å². The van der Waals surface area contributed by atoms with Gasteiger partial charge in [0.25, 0.3) is 0 Å². The Morgan fingerprint density at radius 1 is 0.632 bits per heavy atom. The third kappa shape index (κ3) is 4.48. The van der Waals surface area contributed by atoms with Gasteiger partial charge >= 0.3 is 0 Å². The summed E-state index contributed by atoms with van der Waals surface area (Å²) in [6.45, 7) is 5.84. The topological polar surface area (TPSA) is 23.6 Å². The van der Waals surface area contributed by atoms with Gasteiger partial charge in [-0.3, -0.25) is 4.79 Å². The highest BCUT2D eigenvalue weighted by molar-refractivity contribution is 7.99. The highest BCUT2D eigenvalue weighted by Crippen LogP contribution is 2.51. The van der Waals surface area contributed by atoms with Crippen LogP contribution in [0.25, 0.3) is 0 Å². The van der Waals surface area contributed by atoms with E-state index in [1.54, 1.807) is 18.7 Å². The van der Waals surface area contributed by atoms with E-state index in [4.69, 9.17) is 0 Å². The van der Waals surface area contributed by atoms with Crippen molar-refractivity contribution in [3.8, 4) is 0 Å². The lowest BCUT2D eigenvalue weighted by atomic mass is 10.1. The second kappa shape index (κ2) is 9.88. The maximum absolute atomic E-state index is 12.2. The largest absolute Gasteiger partial charge is 0.311 e. The van der Waals surface area contributed by atoms with Gasteiger partial charge in [0.2, 0.25) is 0 Å². The summed E-state index contributed by atoms with van der Waals surface area (Å²) in [7, 11) is 0. The third-order valence-corrected chi connectivity index (χ3v) is 8.01. The lowest BCUT2D eigenvalue weighted by Gasteiger charge is -2.33. The van der Waals surface area contributed by atoms with E-state index in [-0.39, 0.29) is 5.78 Å². The summed E-state index contributed by atoms with van der Waals surface area (Å²) in [5, 5.41) is 0. The molecule has 0 spiro atoms. The minimum atomic E-state index is 0.0683. The summed E-state index contributed by atoms with van der Waals surface area (Å²) >= 11 is 1.74. The predicted molar refractivity (Wildman–Crippen MR) is 159 cm³/mol. The Balaban J connectivity index is 1.45. The maximum atomic E-state index is 12.2. The lowest BCUT2D eigenvalue weighted by molar-refractivity contribution is 0.101. The van der Waals surface area contributed by atoms with Crippen LogP contribution in [0.3, 0.4) is 0 Å². The van der Waals surface area contributed by atoms with Crippen LogP contribution in [0, 0.1) is 13.8 Å². The summed E-state index contributed by atoms with van der Waals surface area (Å²) in [6.07, 6.45) is 0. The van der Waals surface area contributed by atoms with E-state index in [9.17, 15) is 4.79 Å². The molecule has 5 aromatic rings. The number of aryl methyl sites for hydroxylation is 2. The van der Waals surface area contributed by atoms with E-state index < -0.39 is 0 Å². The van der Waals surface area contributed by atoms with Crippen molar-refractivity contribution in [1.82, 2.24) is 0 Å². The first-order chi connectivity index (χ1) is 18.5. The molecule has 5 aromatic carbocycles. The van der Waals surface area contributed by atoms with Gasteiger partial charge in [0.05, 0.1) is 11.4 Å². The quantitative estimate of drug-likeness (QED) is 0.214. The molecule has 0 saturated carbocycles. The number of para-hydroxylation sites is 1. The van der Waals surface area contributed by atoms with Crippen LogP contribution in [0.2, 0.25) is 0 Å². The van der Waals surface area contributed by atoms with Gasteiger partial charge in [-0.2, -0.15) is 0 Å². The number of fused-ring (bicyclic) bond motifs is 2. The summed E-state index contributed by atoms with van der Waals surface area (Å²) < 4.78 is 0. The Hall–Kier alpha value is -4.28. The number of benzene rings is 5. The second-order valence-corrected chi connectivity index (χ2v) is 10.8. The summed E-state index contributed by atoms with van der Waals surface area (Å²) in [6, 6.07) is 40.4. The molecular formula is C34H28N2OS. The van der Waals surface area contributed by atoms with Gasteiger partial charge in [0, 0.05) is 38.1 Å². The molecule has 1 heterocycles. The third-order valence-electron chi connectivity index (χ3n) is 6.88. The van der Waals surface area contributed by atoms with E-state index in [0.717, 1.165) is 44.6 Å². The van der Waals surface area contributed by atoms with Crippen molar-refractivity contribution in [3.63, 3.8) is 0 Å². The monoisotopic (exact) mass is 512 g/mol. The van der Waals surface area contributed by atoms with Gasteiger partial charge in [-0.15, -0.1) is 0 Å². The average molecular weight is 513 g/mol. The van der Waals surface area contributed by atoms with E-state index in [0.29, 0.717) is 0 Å². The molecule has 0 aliphatic carbocycles. The molecule has 1 aliphatic heterocycles. The highest BCUT2D eigenvalue weighted by atomic mass is 32.2. The minimum Gasteiger partial charge on any atom is -0.311 e.